The summed E-state index contributed by atoms with van der Waals surface area (Å²) in [6, 6.07) is 6.29. The number of aliphatic carboxylic acids is 1. The Morgan fingerprint density at radius 1 is 1.27 bits per heavy atom. The maximum Gasteiger partial charge on any atom is 0.261 e. The number of carbonyl (C=O) groups is 2. The van der Waals surface area contributed by atoms with E-state index in [9.17, 15) is 19.5 Å². The van der Waals surface area contributed by atoms with Gasteiger partial charge in [-0.2, -0.15) is 0 Å². The summed E-state index contributed by atoms with van der Waals surface area (Å²) in [4.78, 5) is 39.7. The third kappa shape index (κ3) is 3.92. The smallest absolute Gasteiger partial charge is 0.261 e. The molecule has 26 heavy (non-hydrogen) atoms. The van der Waals surface area contributed by atoms with E-state index in [0.29, 0.717) is 36.2 Å². The quantitative estimate of drug-likeness (QED) is 0.838. The van der Waals surface area contributed by atoms with E-state index in [-0.39, 0.29) is 17.4 Å². The van der Waals surface area contributed by atoms with Crippen molar-refractivity contribution in [2.45, 2.75) is 45.2 Å². The average molecular weight is 356 g/mol. The molecule has 0 unspecified atom stereocenters. The lowest BCUT2D eigenvalue weighted by Gasteiger charge is -2.29. The fourth-order valence-electron chi connectivity index (χ4n) is 3.51. The van der Waals surface area contributed by atoms with Gasteiger partial charge >= 0.3 is 0 Å². The molecule has 7 nitrogen and oxygen atoms in total. The first-order chi connectivity index (χ1) is 12.5. The van der Waals surface area contributed by atoms with E-state index in [2.05, 4.69) is 10.3 Å². The van der Waals surface area contributed by atoms with E-state index in [4.69, 9.17) is 0 Å². The molecule has 1 amide bonds. The zero-order chi connectivity index (χ0) is 18.7. The summed E-state index contributed by atoms with van der Waals surface area (Å²) in [6.45, 7) is 1.98. The highest BCUT2D eigenvalue weighted by atomic mass is 16.4. The Kier molecular flexibility index (Phi) is 5.35. The predicted octanol–water partition coefficient (Wildman–Crippen LogP) is 0.457. The lowest BCUT2D eigenvalue weighted by Crippen LogP contribution is -2.48. The Bertz CT molecular complexity index is 868. The van der Waals surface area contributed by atoms with Crippen LogP contribution >= 0.6 is 0 Å². The van der Waals surface area contributed by atoms with E-state index in [0.717, 1.165) is 12.8 Å². The van der Waals surface area contributed by atoms with Crippen molar-refractivity contribution in [2.75, 3.05) is 0 Å². The molecule has 0 spiro atoms. The maximum absolute atomic E-state index is 12.6. The molecule has 0 aliphatic heterocycles. The standard InChI is InChI=1S/C19H23N3O4/c1-12(19(25)26)21-17(23)14-8-6-13(7-9-14)10-22-11-20-16-5-3-2-4-15(16)18(22)24/h2-5,11-14H,6-10H2,1H3,(H,21,23)(H,25,26)/p-1/t12-,13?,14?/m0/s1. The number of carbonyl (C=O) groups excluding carboxylic acids is 2. The zero-order valence-corrected chi connectivity index (χ0v) is 14.7. The molecule has 1 aromatic heterocycles. The topological polar surface area (TPSA) is 104 Å². The van der Waals surface area contributed by atoms with Crippen LogP contribution in [0.3, 0.4) is 0 Å². The van der Waals surface area contributed by atoms with Crippen LogP contribution in [0, 0.1) is 11.8 Å². The molecule has 1 heterocycles. The molecule has 1 fully saturated rings. The second kappa shape index (κ2) is 7.68. The lowest BCUT2D eigenvalue weighted by molar-refractivity contribution is -0.307. The number of amides is 1. The first-order valence-corrected chi connectivity index (χ1v) is 8.91. The van der Waals surface area contributed by atoms with Crippen molar-refractivity contribution >= 4 is 22.8 Å². The second-order valence-corrected chi connectivity index (χ2v) is 6.99. The van der Waals surface area contributed by atoms with Gasteiger partial charge in [0, 0.05) is 12.5 Å². The fourth-order valence-corrected chi connectivity index (χ4v) is 3.51. The number of aromatic nitrogens is 2. The monoisotopic (exact) mass is 356 g/mol. The van der Waals surface area contributed by atoms with Crippen LogP contribution in [0.1, 0.15) is 32.6 Å². The number of hydrogen-bond donors (Lipinski definition) is 1. The molecule has 1 aromatic carbocycles. The lowest BCUT2D eigenvalue weighted by atomic mass is 9.81. The van der Waals surface area contributed by atoms with Gasteiger partial charge in [-0.15, -0.1) is 0 Å². The molecular weight excluding hydrogens is 334 g/mol. The van der Waals surface area contributed by atoms with Gasteiger partial charge in [0.05, 0.1) is 29.2 Å². The molecule has 1 N–H and O–H groups in total. The molecule has 2 aromatic rings. The highest BCUT2D eigenvalue weighted by Gasteiger charge is 2.27. The van der Waals surface area contributed by atoms with Crippen molar-refractivity contribution in [1.29, 1.82) is 0 Å². The normalized spacial score (nSPS) is 21.3. The van der Waals surface area contributed by atoms with Gasteiger partial charge in [0.15, 0.2) is 0 Å². The van der Waals surface area contributed by atoms with E-state index < -0.39 is 12.0 Å². The number of nitrogens with one attached hydrogen (secondary N) is 1. The largest absolute Gasteiger partial charge is 0.548 e. The fraction of sp³-hybridized carbons (Fsp3) is 0.474. The van der Waals surface area contributed by atoms with Crippen LogP contribution in [0.25, 0.3) is 10.9 Å². The van der Waals surface area contributed by atoms with Crippen LogP contribution in [-0.2, 0) is 16.1 Å². The minimum absolute atomic E-state index is 0.0433. The molecule has 1 saturated carbocycles. The number of carboxylic acids is 1. The summed E-state index contributed by atoms with van der Waals surface area (Å²) < 4.78 is 1.64. The van der Waals surface area contributed by atoms with Crippen molar-refractivity contribution in [2.24, 2.45) is 11.8 Å². The van der Waals surface area contributed by atoms with Gasteiger partial charge in [-0.25, -0.2) is 4.98 Å². The van der Waals surface area contributed by atoms with Crippen LogP contribution in [0.2, 0.25) is 0 Å². The minimum Gasteiger partial charge on any atom is -0.548 e. The van der Waals surface area contributed by atoms with Crippen LogP contribution < -0.4 is 16.0 Å². The van der Waals surface area contributed by atoms with Crippen LogP contribution in [0.5, 0.6) is 0 Å². The second-order valence-electron chi connectivity index (χ2n) is 6.99. The zero-order valence-electron chi connectivity index (χ0n) is 14.7. The van der Waals surface area contributed by atoms with E-state index >= 15 is 0 Å². The molecule has 1 aliphatic rings. The van der Waals surface area contributed by atoms with E-state index in [1.807, 2.05) is 18.2 Å². The van der Waals surface area contributed by atoms with Crippen molar-refractivity contribution in [1.82, 2.24) is 14.9 Å². The number of nitrogens with zero attached hydrogens (tertiary/aromatic N) is 2. The van der Waals surface area contributed by atoms with Crippen molar-refractivity contribution in [3.8, 4) is 0 Å². The highest BCUT2D eigenvalue weighted by Crippen LogP contribution is 2.29. The number of para-hydroxylation sites is 1. The number of carboxylic acid groups (broad SMARTS) is 1. The van der Waals surface area contributed by atoms with Gasteiger partial charge in [0.2, 0.25) is 5.91 Å². The van der Waals surface area contributed by atoms with Gasteiger partial charge in [-0.3, -0.25) is 14.2 Å². The molecule has 0 bridgehead atoms. The molecule has 0 saturated heterocycles. The molecule has 3 rings (SSSR count). The van der Waals surface area contributed by atoms with Gasteiger partial charge in [-0.05, 0) is 50.7 Å². The average Bonchev–Trinajstić information content (AvgIpc) is 2.64. The molecular formula is C19H22N3O4-. The van der Waals surface area contributed by atoms with Crippen LogP contribution in [0.4, 0.5) is 0 Å². The molecule has 1 aliphatic carbocycles. The van der Waals surface area contributed by atoms with E-state index in [1.54, 1.807) is 17.0 Å². The molecule has 0 radical (unpaired) electrons. The summed E-state index contributed by atoms with van der Waals surface area (Å²) in [5.41, 5.74) is 0.648. The van der Waals surface area contributed by atoms with Crippen molar-refractivity contribution in [3.63, 3.8) is 0 Å². The Morgan fingerprint density at radius 2 is 1.96 bits per heavy atom. The van der Waals surface area contributed by atoms with Crippen LogP contribution in [0.15, 0.2) is 35.4 Å². The first-order valence-electron chi connectivity index (χ1n) is 8.91. The SMILES string of the molecule is C[C@H](NC(=O)C1CCC(Cn2cnc3ccccc3c2=O)CC1)C(=O)[O-]. The van der Waals surface area contributed by atoms with Gasteiger partial charge in [0.1, 0.15) is 0 Å². The molecule has 138 valence electrons. The summed E-state index contributed by atoms with van der Waals surface area (Å²) >= 11 is 0. The number of fused-ring (bicyclic) bond motifs is 1. The number of rotatable bonds is 5. The van der Waals surface area contributed by atoms with Crippen LogP contribution in [-0.4, -0.2) is 27.5 Å². The maximum atomic E-state index is 12.6. The minimum atomic E-state index is -1.28. The highest BCUT2D eigenvalue weighted by molar-refractivity contribution is 5.84. The Hall–Kier alpha value is -2.70. The Balaban J connectivity index is 1.59. The summed E-state index contributed by atoms with van der Waals surface area (Å²) in [5.74, 6) is -1.39. The molecule has 7 heteroatoms. The summed E-state index contributed by atoms with van der Waals surface area (Å²) in [7, 11) is 0. The van der Waals surface area contributed by atoms with Gasteiger partial charge < -0.3 is 15.2 Å². The summed E-state index contributed by atoms with van der Waals surface area (Å²) in [5, 5.41) is 13.8. The van der Waals surface area contributed by atoms with E-state index in [1.165, 1.54) is 6.92 Å². The first kappa shape index (κ1) is 18.1. The van der Waals surface area contributed by atoms with Gasteiger partial charge in [0.25, 0.3) is 5.56 Å². The summed E-state index contributed by atoms with van der Waals surface area (Å²) in [6.07, 6.45) is 4.59. The third-order valence-corrected chi connectivity index (χ3v) is 5.12. The molecule has 1 atom stereocenters. The predicted molar refractivity (Wildman–Crippen MR) is 94.1 cm³/mol. The number of hydrogen-bond acceptors (Lipinski definition) is 5. The van der Waals surface area contributed by atoms with Crippen molar-refractivity contribution < 1.29 is 14.7 Å². The third-order valence-electron chi connectivity index (χ3n) is 5.12. The Morgan fingerprint density at radius 3 is 2.65 bits per heavy atom. The van der Waals surface area contributed by atoms with Gasteiger partial charge in [-0.1, -0.05) is 12.1 Å². The van der Waals surface area contributed by atoms with Crippen molar-refractivity contribution in [3.05, 3.63) is 40.9 Å². The Labute approximate surface area is 151 Å². The number of benzene rings is 1.